The van der Waals surface area contributed by atoms with Gasteiger partial charge in [0, 0.05) is 29.1 Å². The summed E-state index contributed by atoms with van der Waals surface area (Å²) < 4.78 is 17.2. The maximum absolute atomic E-state index is 11.4. The number of rotatable bonds is 9. The summed E-state index contributed by atoms with van der Waals surface area (Å²) >= 11 is 1.39. The van der Waals surface area contributed by atoms with Crippen LogP contribution in [0, 0.1) is 0 Å². The fourth-order valence-electron chi connectivity index (χ4n) is 3.56. The largest absolute Gasteiger partial charge is 0.493 e. The van der Waals surface area contributed by atoms with E-state index in [-0.39, 0.29) is 5.56 Å². The van der Waals surface area contributed by atoms with E-state index in [1.54, 1.807) is 12.1 Å². The molecule has 33 heavy (non-hydrogen) atoms. The summed E-state index contributed by atoms with van der Waals surface area (Å²) in [5, 5.41) is 12.7. The van der Waals surface area contributed by atoms with Crippen molar-refractivity contribution < 1.29 is 24.1 Å². The van der Waals surface area contributed by atoms with Crippen molar-refractivity contribution in [2.45, 2.75) is 18.2 Å². The van der Waals surface area contributed by atoms with Crippen molar-refractivity contribution in [3.63, 3.8) is 0 Å². The fourth-order valence-corrected chi connectivity index (χ4v) is 4.18. The number of hydrogen-bond acceptors (Lipinski definition) is 8. The Morgan fingerprint density at radius 2 is 1.94 bits per heavy atom. The maximum Gasteiger partial charge on any atom is 0.336 e. The molecule has 0 bridgehead atoms. The molecule has 8 nitrogen and oxygen atoms in total. The highest BCUT2D eigenvalue weighted by atomic mass is 32.2. The lowest BCUT2D eigenvalue weighted by Crippen LogP contribution is -2.16. The van der Waals surface area contributed by atoms with Crippen LogP contribution in [0.2, 0.25) is 0 Å². The van der Waals surface area contributed by atoms with Crippen LogP contribution in [0.15, 0.2) is 47.6 Å². The number of carboxylic acid groups (broad SMARTS) is 1. The summed E-state index contributed by atoms with van der Waals surface area (Å²) in [4.78, 5) is 20.7. The average molecular weight is 468 g/mol. The molecule has 0 radical (unpaired) electrons. The summed E-state index contributed by atoms with van der Waals surface area (Å²) in [5.74, 6) is 1.97. The van der Waals surface area contributed by atoms with Gasteiger partial charge < -0.3 is 24.6 Å². The van der Waals surface area contributed by atoms with Crippen LogP contribution in [-0.2, 0) is 6.42 Å². The molecule has 172 valence electrons. The first-order valence-electron chi connectivity index (χ1n) is 10.6. The first-order chi connectivity index (χ1) is 16.1. The van der Waals surface area contributed by atoms with Crippen LogP contribution in [0.25, 0.3) is 11.3 Å². The quantitative estimate of drug-likeness (QED) is 0.444. The summed E-state index contributed by atoms with van der Waals surface area (Å²) in [6.45, 7) is 4.21. The number of aromatic nitrogens is 2. The van der Waals surface area contributed by atoms with E-state index >= 15 is 0 Å². The van der Waals surface area contributed by atoms with Gasteiger partial charge in [0.05, 0.1) is 17.9 Å². The number of aromatic carboxylic acids is 1. The number of nitrogens with zero attached hydrogens (tertiary/aromatic N) is 2. The Morgan fingerprint density at radius 3 is 2.67 bits per heavy atom. The van der Waals surface area contributed by atoms with Crippen molar-refractivity contribution >= 4 is 23.5 Å². The highest BCUT2D eigenvalue weighted by molar-refractivity contribution is 7.98. The molecule has 0 saturated carbocycles. The van der Waals surface area contributed by atoms with Gasteiger partial charge >= 0.3 is 5.97 Å². The Morgan fingerprint density at radius 1 is 1.15 bits per heavy atom. The zero-order valence-electron chi connectivity index (χ0n) is 18.5. The third kappa shape index (κ3) is 5.31. The minimum atomic E-state index is -0.943. The Balaban J connectivity index is 1.47. The molecule has 0 atom stereocenters. The Kier molecular flexibility index (Phi) is 7.19. The number of ether oxygens (including phenoxy) is 3. The molecule has 0 amide bonds. The fraction of sp³-hybridized carbons (Fsp3) is 0.292. The van der Waals surface area contributed by atoms with Gasteiger partial charge in [0.25, 0.3) is 0 Å². The molecular formula is C24H25N3O5S. The van der Waals surface area contributed by atoms with Gasteiger partial charge in [-0.1, -0.05) is 6.07 Å². The molecule has 1 aliphatic rings. The minimum absolute atomic E-state index is 0.281. The number of anilines is 1. The van der Waals surface area contributed by atoms with Crippen molar-refractivity contribution in [2.75, 3.05) is 37.9 Å². The maximum atomic E-state index is 11.4. The Bertz CT molecular complexity index is 1150. The first kappa shape index (κ1) is 22.7. The van der Waals surface area contributed by atoms with Crippen molar-refractivity contribution in [1.82, 2.24) is 9.97 Å². The zero-order valence-corrected chi connectivity index (χ0v) is 19.3. The molecule has 0 fully saturated rings. The molecule has 3 aromatic rings. The molecular weight excluding hydrogens is 442 g/mol. The van der Waals surface area contributed by atoms with Gasteiger partial charge in [0.2, 0.25) is 0 Å². The summed E-state index contributed by atoms with van der Waals surface area (Å²) in [6.07, 6.45) is 4.05. The van der Waals surface area contributed by atoms with Crippen LogP contribution in [-0.4, -0.2) is 53.7 Å². The van der Waals surface area contributed by atoms with E-state index in [0.29, 0.717) is 54.9 Å². The van der Waals surface area contributed by atoms with E-state index in [9.17, 15) is 9.90 Å². The number of carbonyl (C=O) groups is 1. The van der Waals surface area contributed by atoms with Gasteiger partial charge in [-0.2, -0.15) is 0 Å². The summed E-state index contributed by atoms with van der Waals surface area (Å²) in [7, 11) is 0. The Labute approximate surface area is 196 Å². The number of benzene rings is 2. The van der Waals surface area contributed by atoms with Crippen LogP contribution in [0.3, 0.4) is 0 Å². The lowest BCUT2D eigenvalue weighted by atomic mass is 10.1. The number of fused-ring (bicyclic) bond motifs is 1. The SMILES string of the molecule is CCOc1cc2c(cc1CCNc1cc(-c3ccc(C(=O)O)c(SC)c3)ncn1)OCCO2. The molecule has 0 spiro atoms. The lowest BCUT2D eigenvalue weighted by Gasteiger charge is -2.21. The van der Waals surface area contributed by atoms with Crippen LogP contribution >= 0.6 is 11.8 Å². The summed E-state index contributed by atoms with van der Waals surface area (Å²) in [6, 6.07) is 10.9. The smallest absolute Gasteiger partial charge is 0.336 e. The molecule has 1 aromatic heterocycles. The number of carboxylic acids is 1. The molecule has 2 aromatic carbocycles. The normalized spacial score (nSPS) is 12.3. The molecule has 9 heteroatoms. The molecule has 0 saturated heterocycles. The highest BCUT2D eigenvalue weighted by Crippen LogP contribution is 2.37. The van der Waals surface area contributed by atoms with Gasteiger partial charge in [0.1, 0.15) is 31.1 Å². The van der Waals surface area contributed by atoms with Crippen LogP contribution in [0.4, 0.5) is 5.82 Å². The minimum Gasteiger partial charge on any atom is -0.493 e. The van der Waals surface area contributed by atoms with Crippen LogP contribution < -0.4 is 19.5 Å². The second-order valence-corrected chi connectivity index (χ2v) is 8.07. The van der Waals surface area contributed by atoms with Gasteiger partial charge in [-0.05, 0) is 43.4 Å². The highest BCUT2D eigenvalue weighted by Gasteiger charge is 2.17. The molecule has 0 unspecified atom stereocenters. The van der Waals surface area contributed by atoms with Crippen LogP contribution in [0.1, 0.15) is 22.8 Å². The van der Waals surface area contributed by atoms with Crippen molar-refractivity contribution in [2.24, 2.45) is 0 Å². The predicted molar refractivity (Wildman–Crippen MR) is 127 cm³/mol. The lowest BCUT2D eigenvalue weighted by molar-refractivity contribution is 0.0693. The van der Waals surface area contributed by atoms with Gasteiger partial charge in [0.15, 0.2) is 11.5 Å². The van der Waals surface area contributed by atoms with Crippen molar-refractivity contribution in [1.29, 1.82) is 0 Å². The van der Waals surface area contributed by atoms with E-state index in [1.807, 2.05) is 37.4 Å². The second kappa shape index (κ2) is 10.4. The van der Waals surface area contributed by atoms with Gasteiger partial charge in [-0.3, -0.25) is 0 Å². The van der Waals surface area contributed by atoms with E-state index in [2.05, 4.69) is 15.3 Å². The topological polar surface area (TPSA) is 103 Å². The molecule has 4 rings (SSSR count). The monoisotopic (exact) mass is 467 g/mol. The average Bonchev–Trinajstić information content (AvgIpc) is 2.84. The van der Waals surface area contributed by atoms with E-state index < -0.39 is 5.97 Å². The molecule has 1 aliphatic heterocycles. The molecule has 2 N–H and O–H groups in total. The van der Waals surface area contributed by atoms with E-state index in [4.69, 9.17) is 14.2 Å². The third-order valence-electron chi connectivity index (χ3n) is 5.12. The van der Waals surface area contributed by atoms with Gasteiger partial charge in [-0.25, -0.2) is 14.8 Å². The first-order valence-corrected chi connectivity index (χ1v) is 11.8. The standard InChI is InChI=1S/C24H25N3O5S/c1-3-30-19-13-21-20(31-8-9-32-21)10-16(19)6-7-25-23-12-18(26-14-27-23)15-4-5-17(24(28)29)22(11-15)33-2/h4-5,10-14H,3,6-9H2,1-2H3,(H,28,29)(H,25,26,27). The van der Waals surface area contributed by atoms with Crippen molar-refractivity contribution in [3.8, 4) is 28.5 Å². The molecule has 0 aliphatic carbocycles. The predicted octanol–water partition coefficient (Wildman–Crippen LogP) is 4.39. The summed E-state index contributed by atoms with van der Waals surface area (Å²) in [5.41, 5.74) is 2.86. The number of hydrogen-bond donors (Lipinski definition) is 2. The number of thioether (sulfide) groups is 1. The third-order valence-corrected chi connectivity index (χ3v) is 5.90. The van der Waals surface area contributed by atoms with Crippen molar-refractivity contribution in [3.05, 3.63) is 53.9 Å². The number of nitrogens with one attached hydrogen (secondary N) is 1. The Hall–Kier alpha value is -3.46. The van der Waals surface area contributed by atoms with E-state index in [1.165, 1.54) is 18.1 Å². The second-order valence-electron chi connectivity index (χ2n) is 7.22. The van der Waals surface area contributed by atoms with Crippen LogP contribution in [0.5, 0.6) is 17.2 Å². The van der Waals surface area contributed by atoms with Gasteiger partial charge in [-0.15, -0.1) is 11.8 Å². The van der Waals surface area contributed by atoms with E-state index in [0.717, 1.165) is 22.6 Å². The molecule has 2 heterocycles. The zero-order chi connectivity index (χ0) is 23.2.